The van der Waals surface area contributed by atoms with E-state index in [4.69, 9.17) is 9.47 Å². The topological polar surface area (TPSA) is 64.6 Å². The average Bonchev–Trinajstić information content (AvgIpc) is 2.55. The van der Waals surface area contributed by atoms with Crippen molar-refractivity contribution in [2.45, 2.75) is 13.0 Å². The van der Waals surface area contributed by atoms with Gasteiger partial charge in [-0.25, -0.2) is 9.18 Å². The molecule has 0 spiro atoms. The number of benzene rings is 2. The fourth-order valence-electron chi connectivity index (χ4n) is 1.84. The van der Waals surface area contributed by atoms with Crippen molar-refractivity contribution in [2.24, 2.45) is 0 Å². The Morgan fingerprint density at radius 3 is 2.43 bits per heavy atom. The van der Waals surface area contributed by atoms with Crippen molar-refractivity contribution >= 4 is 17.6 Å². The van der Waals surface area contributed by atoms with Gasteiger partial charge in [-0.3, -0.25) is 4.79 Å². The molecule has 0 aliphatic rings. The molecule has 0 saturated carbocycles. The minimum atomic E-state index is -1.02. The monoisotopic (exact) mass is 317 g/mol. The summed E-state index contributed by atoms with van der Waals surface area (Å²) in [7, 11) is 1.33. The van der Waals surface area contributed by atoms with Gasteiger partial charge >= 0.3 is 5.97 Å². The quantitative estimate of drug-likeness (QED) is 0.861. The fraction of sp³-hybridized carbons (Fsp3) is 0.176. The van der Waals surface area contributed by atoms with Gasteiger partial charge in [-0.15, -0.1) is 0 Å². The Hall–Kier alpha value is -2.89. The zero-order valence-corrected chi connectivity index (χ0v) is 12.7. The summed E-state index contributed by atoms with van der Waals surface area (Å²) < 4.78 is 23.4. The maximum absolute atomic E-state index is 13.6. The van der Waals surface area contributed by atoms with Crippen molar-refractivity contribution in [1.82, 2.24) is 0 Å². The summed E-state index contributed by atoms with van der Waals surface area (Å²) in [6, 6.07) is 12.5. The van der Waals surface area contributed by atoms with E-state index in [2.05, 4.69) is 5.32 Å². The summed E-state index contributed by atoms with van der Waals surface area (Å²) >= 11 is 0. The van der Waals surface area contributed by atoms with E-state index in [-0.39, 0.29) is 11.3 Å². The Morgan fingerprint density at radius 2 is 1.83 bits per heavy atom. The summed E-state index contributed by atoms with van der Waals surface area (Å²) in [6.07, 6.45) is -1.02. The molecule has 2 aromatic rings. The first-order valence-electron chi connectivity index (χ1n) is 6.91. The van der Waals surface area contributed by atoms with E-state index in [0.717, 1.165) is 6.07 Å². The predicted molar refractivity (Wildman–Crippen MR) is 82.9 cm³/mol. The molecule has 2 rings (SSSR count). The molecule has 0 saturated heterocycles. The lowest BCUT2D eigenvalue weighted by Gasteiger charge is -2.13. The second-order valence-corrected chi connectivity index (χ2v) is 4.75. The first-order chi connectivity index (χ1) is 11.0. The molecule has 1 amide bonds. The molecular weight excluding hydrogens is 301 g/mol. The minimum absolute atomic E-state index is 0.00246. The number of carbonyl (C=O) groups is 2. The van der Waals surface area contributed by atoms with Crippen LogP contribution >= 0.6 is 0 Å². The number of amides is 1. The van der Waals surface area contributed by atoms with E-state index in [1.807, 2.05) is 6.07 Å². The summed E-state index contributed by atoms with van der Waals surface area (Å²) in [4.78, 5) is 23.9. The maximum Gasteiger partial charge on any atom is 0.339 e. The van der Waals surface area contributed by atoms with Gasteiger partial charge in [0.15, 0.2) is 17.7 Å². The van der Waals surface area contributed by atoms with Crippen LogP contribution in [0.4, 0.5) is 10.1 Å². The first kappa shape index (κ1) is 16.5. The third-order valence-corrected chi connectivity index (χ3v) is 3.08. The highest BCUT2D eigenvalue weighted by Crippen LogP contribution is 2.18. The van der Waals surface area contributed by atoms with E-state index in [9.17, 15) is 14.0 Å². The highest BCUT2D eigenvalue weighted by molar-refractivity contribution is 5.97. The van der Waals surface area contributed by atoms with E-state index in [1.54, 1.807) is 24.3 Å². The van der Waals surface area contributed by atoms with Gasteiger partial charge < -0.3 is 14.8 Å². The largest absolute Gasteiger partial charge is 0.494 e. The van der Waals surface area contributed by atoms with E-state index in [1.165, 1.54) is 26.2 Å². The van der Waals surface area contributed by atoms with Crippen LogP contribution in [0.25, 0.3) is 0 Å². The Morgan fingerprint density at radius 1 is 1.13 bits per heavy atom. The van der Waals surface area contributed by atoms with Crippen LogP contribution in [0, 0.1) is 5.82 Å². The molecule has 0 unspecified atom stereocenters. The molecule has 0 heterocycles. The summed E-state index contributed by atoms with van der Waals surface area (Å²) in [5.74, 6) is -1.92. The molecule has 2 aromatic carbocycles. The number of rotatable bonds is 5. The van der Waals surface area contributed by atoms with Crippen molar-refractivity contribution < 1.29 is 23.5 Å². The summed E-state index contributed by atoms with van der Waals surface area (Å²) in [6.45, 7) is 1.44. The maximum atomic E-state index is 13.6. The van der Waals surface area contributed by atoms with E-state index in [0.29, 0.717) is 5.69 Å². The highest BCUT2D eigenvalue weighted by atomic mass is 19.1. The molecule has 6 heteroatoms. The van der Waals surface area contributed by atoms with Crippen LogP contribution in [-0.4, -0.2) is 25.1 Å². The number of para-hydroxylation sites is 1. The summed E-state index contributed by atoms with van der Waals surface area (Å²) in [5, 5.41) is 2.62. The Labute approximate surface area is 133 Å². The second-order valence-electron chi connectivity index (χ2n) is 4.75. The zero-order chi connectivity index (χ0) is 16.8. The van der Waals surface area contributed by atoms with Crippen LogP contribution in [0.1, 0.15) is 17.3 Å². The van der Waals surface area contributed by atoms with Gasteiger partial charge in [0.2, 0.25) is 0 Å². The van der Waals surface area contributed by atoms with Gasteiger partial charge in [-0.05, 0) is 37.3 Å². The van der Waals surface area contributed by atoms with Crippen LogP contribution in [0.5, 0.6) is 5.75 Å². The average molecular weight is 317 g/mol. The normalized spacial score (nSPS) is 11.4. The molecule has 0 aliphatic carbocycles. The molecule has 5 nitrogen and oxygen atoms in total. The minimum Gasteiger partial charge on any atom is -0.494 e. The molecule has 1 atom stereocenters. The second kappa shape index (κ2) is 7.40. The van der Waals surface area contributed by atoms with Crippen molar-refractivity contribution in [3.05, 3.63) is 59.9 Å². The molecule has 0 bridgehead atoms. The molecule has 0 aromatic heterocycles. The van der Waals surface area contributed by atoms with Gasteiger partial charge in [0.1, 0.15) is 0 Å². The third kappa shape index (κ3) is 4.29. The number of hydrogen-bond acceptors (Lipinski definition) is 4. The van der Waals surface area contributed by atoms with Gasteiger partial charge in [-0.1, -0.05) is 18.2 Å². The van der Waals surface area contributed by atoms with Crippen molar-refractivity contribution in [3.63, 3.8) is 0 Å². The number of methoxy groups -OCH3 is 1. The Kier molecular flexibility index (Phi) is 5.30. The number of carbonyl (C=O) groups excluding carboxylic acids is 2. The fourth-order valence-corrected chi connectivity index (χ4v) is 1.84. The van der Waals surface area contributed by atoms with Crippen molar-refractivity contribution in [1.29, 1.82) is 0 Å². The molecule has 0 fully saturated rings. The lowest BCUT2D eigenvalue weighted by Crippen LogP contribution is -2.30. The number of anilines is 1. The van der Waals surface area contributed by atoms with Crippen molar-refractivity contribution in [2.75, 3.05) is 12.4 Å². The van der Waals surface area contributed by atoms with Crippen LogP contribution in [-0.2, 0) is 9.53 Å². The van der Waals surface area contributed by atoms with E-state index < -0.39 is 23.8 Å². The van der Waals surface area contributed by atoms with Gasteiger partial charge in [0.05, 0.1) is 12.7 Å². The number of hydrogen-bond donors (Lipinski definition) is 1. The molecule has 0 radical (unpaired) electrons. The molecule has 23 heavy (non-hydrogen) atoms. The van der Waals surface area contributed by atoms with Crippen LogP contribution in [0.3, 0.4) is 0 Å². The first-order valence-corrected chi connectivity index (χ1v) is 6.91. The molecule has 1 N–H and O–H groups in total. The zero-order valence-electron chi connectivity index (χ0n) is 12.7. The third-order valence-electron chi connectivity index (χ3n) is 3.08. The predicted octanol–water partition coefficient (Wildman–Crippen LogP) is 3.02. The van der Waals surface area contributed by atoms with Gasteiger partial charge in [0.25, 0.3) is 5.91 Å². The Balaban J connectivity index is 1.99. The van der Waals surface area contributed by atoms with Gasteiger partial charge in [0, 0.05) is 5.69 Å². The molecule has 0 aliphatic heterocycles. The summed E-state index contributed by atoms with van der Waals surface area (Å²) in [5.41, 5.74) is 0.596. The van der Waals surface area contributed by atoms with Crippen LogP contribution < -0.4 is 10.1 Å². The number of esters is 1. The number of nitrogens with one attached hydrogen (secondary N) is 1. The van der Waals surface area contributed by atoms with Crippen LogP contribution in [0.15, 0.2) is 48.5 Å². The number of ether oxygens (including phenoxy) is 2. The van der Waals surface area contributed by atoms with Gasteiger partial charge in [-0.2, -0.15) is 0 Å². The van der Waals surface area contributed by atoms with E-state index >= 15 is 0 Å². The molecular formula is C17H16FNO4. The van der Waals surface area contributed by atoms with Crippen molar-refractivity contribution in [3.8, 4) is 5.75 Å². The lowest BCUT2D eigenvalue weighted by molar-refractivity contribution is -0.123. The smallest absolute Gasteiger partial charge is 0.339 e. The number of halogens is 1. The SMILES string of the molecule is COc1ccc(C(=O)O[C@H](C)C(=O)Nc2ccccc2)cc1F. The molecule has 120 valence electrons. The highest BCUT2D eigenvalue weighted by Gasteiger charge is 2.20. The Bertz CT molecular complexity index is 703. The lowest BCUT2D eigenvalue weighted by atomic mass is 10.2. The van der Waals surface area contributed by atoms with Crippen LogP contribution in [0.2, 0.25) is 0 Å². The standard InChI is InChI=1S/C17H16FNO4/c1-11(16(20)19-13-6-4-3-5-7-13)23-17(21)12-8-9-15(22-2)14(18)10-12/h3-11H,1-2H3,(H,19,20)/t11-/m1/s1.